The number of anilines is 1. The minimum Gasteiger partial charge on any atom is -0.463 e. The van der Waals surface area contributed by atoms with Crippen molar-refractivity contribution >= 4 is 35.0 Å². The monoisotopic (exact) mass is 269 g/mol. The Bertz CT molecular complexity index is 487. The molecule has 0 N–H and O–H groups in total. The summed E-state index contributed by atoms with van der Waals surface area (Å²) in [5, 5.41) is 1.54. The average molecular weight is 270 g/mol. The number of carbonyl (C=O) groups is 1. The van der Waals surface area contributed by atoms with Gasteiger partial charge >= 0.3 is 5.97 Å². The van der Waals surface area contributed by atoms with Gasteiger partial charge in [0, 0.05) is 17.0 Å². The van der Waals surface area contributed by atoms with Gasteiger partial charge in [0.25, 0.3) is 0 Å². The maximum absolute atomic E-state index is 11.4. The molecule has 1 heterocycles. The molecule has 0 fully saturated rings. The average Bonchev–Trinajstić information content (AvgIpc) is 2.55. The molecule has 0 atom stereocenters. The topological polar surface area (TPSA) is 29.5 Å². The summed E-state index contributed by atoms with van der Waals surface area (Å²) in [6.45, 7) is 2.17. The van der Waals surface area contributed by atoms with E-state index in [-0.39, 0.29) is 5.97 Å². The number of fused-ring (bicyclic) bond motifs is 1. The predicted octanol–water partition coefficient (Wildman–Crippen LogP) is 3.29. The van der Waals surface area contributed by atoms with Crippen LogP contribution in [-0.2, 0) is 9.53 Å². The Labute approximate surface area is 109 Å². The molecule has 90 valence electrons. The summed E-state index contributed by atoms with van der Waals surface area (Å²) in [6, 6.07) is 5.67. The number of hydrogen-bond acceptors (Lipinski definition) is 4. The molecule has 5 heteroatoms. The molecule has 0 aromatic heterocycles. The van der Waals surface area contributed by atoms with Crippen LogP contribution in [0.25, 0.3) is 0 Å². The van der Waals surface area contributed by atoms with E-state index < -0.39 is 0 Å². The standard InChI is InChI=1S/C12H12ClNO2S/c1-3-16-12(15)7-11-14(2)9-5-4-8(13)6-10(9)17-11/h4-7H,3H2,1-2H3. The van der Waals surface area contributed by atoms with Crippen molar-refractivity contribution in [1.29, 1.82) is 0 Å². The van der Waals surface area contributed by atoms with Crippen molar-refractivity contribution in [3.8, 4) is 0 Å². The fraction of sp³-hybridized carbons (Fsp3) is 0.250. The lowest BCUT2D eigenvalue weighted by molar-refractivity contribution is -0.137. The van der Waals surface area contributed by atoms with E-state index in [2.05, 4.69) is 0 Å². The summed E-state index contributed by atoms with van der Waals surface area (Å²) in [5.74, 6) is -0.319. The Kier molecular flexibility index (Phi) is 3.64. The summed E-state index contributed by atoms with van der Waals surface area (Å²) in [4.78, 5) is 14.4. The fourth-order valence-electron chi connectivity index (χ4n) is 1.56. The van der Waals surface area contributed by atoms with Crippen molar-refractivity contribution in [1.82, 2.24) is 0 Å². The highest BCUT2D eigenvalue weighted by molar-refractivity contribution is 8.03. The van der Waals surface area contributed by atoms with Gasteiger partial charge in [0.15, 0.2) is 0 Å². The number of rotatable bonds is 2. The van der Waals surface area contributed by atoms with Crippen molar-refractivity contribution in [2.75, 3.05) is 18.6 Å². The van der Waals surface area contributed by atoms with Gasteiger partial charge in [-0.3, -0.25) is 0 Å². The van der Waals surface area contributed by atoms with Gasteiger partial charge in [-0.1, -0.05) is 23.4 Å². The molecule has 1 aliphatic heterocycles. The minimum absolute atomic E-state index is 0.319. The lowest BCUT2D eigenvalue weighted by atomic mass is 10.3. The highest BCUT2D eigenvalue weighted by Gasteiger charge is 2.23. The molecule has 0 saturated carbocycles. The van der Waals surface area contributed by atoms with E-state index in [1.165, 1.54) is 17.8 Å². The number of esters is 1. The number of halogens is 1. The summed E-state index contributed by atoms with van der Waals surface area (Å²) in [5.41, 5.74) is 1.05. The van der Waals surface area contributed by atoms with Crippen molar-refractivity contribution in [2.24, 2.45) is 0 Å². The molecular formula is C12H12ClNO2S. The second kappa shape index (κ2) is 5.02. The lowest BCUT2D eigenvalue weighted by Gasteiger charge is -2.12. The van der Waals surface area contributed by atoms with Gasteiger partial charge in [-0.15, -0.1) is 0 Å². The Balaban J connectivity index is 2.25. The van der Waals surface area contributed by atoms with E-state index in [4.69, 9.17) is 16.3 Å². The number of carbonyl (C=O) groups excluding carboxylic acids is 1. The first-order chi connectivity index (χ1) is 8.11. The van der Waals surface area contributed by atoms with E-state index >= 15 is 0 Å². The van der Waals surface area contributed by atoms with Gasteiger partial charge < -0.3 is 9.64 Å². The molecule has 2 rings (SSSR count). The molecule has 1 aromatic rings. The Hall–Kier alpha value is -1.13. The van der Waals surface area contributed by atoms with Crippen molar-refractivity contribution in [3.63, 3.8) is 0 Å². The Morgan fingerprint density at radius 2 is 2.35 bits per heavy atom. The summed E-state index contributed by atoms with van der Waals surface area (Å²) in [7, 11) is 1.91. The van der Waals surface area contributed by atoms with Crippen molar-refractivity contribution in [3.05, 3.63) is 34.3 Å². The molecule has 0 saturated heterocycles. The van der Waals surface area contributed by atoms with Crippen molar-refractivity contribution < 1.29 is 9.53 Å². The van der Waals surface area contributed by atoms with Gasteiger partial charge in [-0.2, -0.15) is 0 Å². The molecule has 0 bridgehead atoms. The molecular weight excluding hydrogens is 258 g/mol. The molecule has 0 amide bonds. The normalized spacial score (nSPS) is 16.2. The fourth-order valence-corrected chi connectivity index (χ4v) is 2.91. The maximum Gasteiger partial charge on any atom is 0.333 e. The SMILES string of the molecule is CCOC(=O)C=C1Sc2cc(Cl)ccc2N1C. The molecule has 0 unspecified atom stereocenters. The van der Waals surface area contributed by atoms with Crippen LogP contribution in [0.5, 0.6) is 0 Å². The van der Waals surface area contributed by atoms with E-state index in [0.717, 1.165) is 15.6 Å². The molecule has 1 aliphatic rings. The largest absolute Gasteiger partial charge is 0.463 e. The van der Waals surface area contributed by atoms with Gasteiger partial charge in [0.05, 0.1) is 23.4 Å². The zero-order chi connectivity index (χ0) is 12.4. The van der Waals surface area contributed by atoms with Crippen molar-refractivity contribution in [2.45, 2.75) is 11.8 Å². The van der Waals surface area contributed by atoms with Crippen LogP contribution in [-0.4, -0.2) is 19.6 Å². The van der Waals surface area contributed by atoms with Gasteiger partial charge in [-0.05, 0) is 25.1 Å². The van der Waals surface area contributed by atoms with Crippen LogP contribution in [0.4, 0.5) is 5.69 Å². The zero-order valence-electron chi connectivity index (χ0n) is 9.57. The number of nitrogens with zero attached hydrogens (tertiary/aromatic N) is 1. The molecule has 0 radical (unpaired) electrons. The number of thioether (sulfide) groups is 1. The first kappa shape index (κ1) is 12.3. The molecule has 1 aromatic carbocycles. The van der Waals surface area contributed by atoms with Crippen LogP contribution < -0.4 is 4.90 Å². The third-order valence-corrected chi connectivity index (χ3v) is 3.74. The quantitative estimate of drug-likeness (QED) is 0.609. The molecule has 0 spiro atoms. The zero-order valence-corrected chi connectivity index (χ0v) is 11.1. The van der Waals surface area contributed by atoms with Crippen LogP contribution in [0, 0.1) is 0 Å². The lowest BCUT2D eigenvalue weighted by Crippen LogP contribution is -2.12. The third-order valence-electron chi connectivity index (χ3n) is 2.36. The van der Waals surface area contributed by atoms with E-state index in [0.29, 0.717) is 11.6 Å². The minimum atomic E-state index is -0.319. The van der Waals surface area contributed by atoms with Gasteiger partial charge in [0.2, 0.25) is 0 Å². The summed E-state index contributed by atoms with van der Waals surface area (Å²) < 4.78 is 4.89. The number of ether oxygens (including phenoxy) is 1. The highest BCUT2D eigenvalue weighted by Crippen LogP contribution is 2.45. The smallest absolute Gasteiger partial charge is 0.333 e. The summed E-state index contributed by atoms with van der Waals surface area (Å²) >= 11 is 7.45. The van der Waals surface area contributed by atoms with Crippen LogP contribution >= 0.6 is 23.4 Å². The van der Waals surface area contributed by atoms with E-state index in [1.807, 2.05) is 30.1 Å². The Morgan fingerprint density at radius 1 is 1.59 bits per heavy atom. The van der Waals surface area contributed by atoms with Gasteiger partial charge in [0.1, 0.15) is 0 Å². The first-order valence-electron chi connectivity index (χ1n) is 5.21. The van der Waals surface area contributed by atoms with E-state index in [1.54, 1.807) is 6.92 Å². The maximum atomic E-state index is 11.4. The van der Waals surface area contributed by atoms with Gasteiger partial charge in [-0.25, -0.2) is 4.79 Å². The summed E-state index contributed by atoms with van der Waals surface area (Å²) in [6.07, 6.45) is 1.50. The number of hydrogen-bond donors (Lipinski definition) is 0. The van der Waals surface area contributed by atoms with Crippen LogP contribution in [0.15, 0.2) is 34.2 Å². The van der Waals surface area contributed by atoms with Crippen LogP contribution in [0.2, 0.25) is 5.02 Å². The second-order valence-corrected chi connectivity index (χ2v) is 5.01. The second-order valence-electron chi connectivity index (χ2n) is 3.51. The number of benzene rings is 1. The first-order valence-corrected chi connectivity index (χ1v) is 6.41. The van der Waals surface area contributed by atoms with Crippen LogP contribution in [0.1, 0.15) is 6.92 Å². The third kappa shape index (κ3) is 2.58. The highest BCUT2D eigenvalue weighted by atomic mass is 35.5. The predicted molar refractivity (Wildman–Crippen MR) is 70.4 cm³/mol. The Morgan fingerprint density at radius 3 is 3.06 bits per heavy atom. The molecule has 17 heavy (non-hydrogen) atoms. The van der Waals surface area contributed by atoms with Crippen LogP contribution in [0.3, 0.4) is 0 Å². The molecule has 0 aliphatic carbocycles. The molecule has 3 nitrogen and oxygen atoms in total. The van der Waals surface area contributed by atoms with E-state index in [9.17, 15) is 4.79 Å².